The van der Waals surface area contributed by atoms with Gasteiger partial charge in [0.25, 0.3) is 0 Å². The van der Waals surface area contributed by atoms with Gasteiger partial charge in [-0.25, -0.2) is 0 Å². The van der Waals surface area contributed by atoms with Crippen LogP contribution in [0.5, 0.6) is 0 Å². The SMILES string of the molecule is c1ccc(C[C@H]2CCCN2c2ccc3nnnn3n2)cc1. The number of fused-ring (bicyclic) bond motifs is 1. The van der Waals surface area contributed by atoms with E-state index in [1.807, 2.05) is 12.1 Å². The Bertz CT molecular complexity index is 738. The Labute approximate surface area is 122 Å². The van der Waals surface area contributed by atoms with Crippen molar-refractivity contribution in [3.63, 3.8) is 0 Å². The Morgan fingerprint density at radius 2 is 2.00 bits per heavy atom. The van der Waals surface area contributed by atoms with Crippen LogP contribution in [-0.4, -0.2) is 37.8 Å². The van der Waals surface area contributed by atoms with Gasteiger partial charge in [-0.05, 0) is 47.4 Å². The van der Waals surface area contributed by atoms with Crippen molar-refractivity contribution >= 4 is 11.5 Å². The largest absolute Gasteiger partial charge is 0.352 e. The van der Waals surface area contributed by atoms with Crippen LogP contribution in [0.2, 0.25) is 0 Å². The molecule has 1 aliphatic heterocycles. The molecule has 0 aliphatic carbocycles. The molecule has 0 amide bonds. The van der Waals surface area contributed by atoms with Gasteiger partial charge in [0, 0.05) is 12.6 Å². The molecule has 1 atom stereocenters. The van der Waals surface area contributed by atoms with E-state index in [0.29, 0.717) is 11.7 Å². The summed E-state index contributed by atoms with van der Waals surface area (Å²) in [6.07, 6.45) is 3.45. The maximum atomic E-state index is 4.52. The summed E-state index contributed by atoms with van der Waals surface area (Å²) < 4.78 is 1.49. The van der Waals surface area contributed by atoms with Crippen LogP contribution in [0.25, 0.3) is 5.65 Å². The highest BCUT2D eigenvalue weighted by Gasteiger charge is 2.26. The van der Waals surface area contributed by atoms with Crippen LogP contribution in [0.1, 0.15) is 18.4 Å². The Kier molecular flexibility index (Phi) is 2.99. The predicted molar refractivity (Wildman–Crippen MR) is 79.1 cm³/mol. The van der Waals surface area contributed by atoms with Crippen molar-refractivity contribution < 1.29 is 0 Å². The minimum absolute atomic E-state index is 0.494. The first-order chi connectivity index (χ1) is 10.4. The lowest BCUT2D eigenvalue weighted by Crippen LogP contribution is -2.32. The summed E-state index contributed by atoms with van der Waals surface area (Å²) in [5.41, 5.74) is 2.05. The molecule has 3 heterocycles. The van der Waals surface area contributed by atoms with E-state index < -0.39 is 0 Å². The molecule has 0 radical (unpaired) electrons. The lowest BCUT2D eigenvalue weighted by molar-refractivity contribution is 0.643. The van der Waals surface area contributed by atoms with Crippen LogP contribution < -0.4 is 4.90 Å². The van der Waals surface area contributed by atoms with E-state index in [-0.39, 0.29) is 0 Å². The summed E-state index contributed by atoms with van der Waals surface area (Å²) >= 11 is 0. The monoisotopic (exact) mass is 280 g/mol. The maximum absolute atomic E-state index is 4.52. The smallest absolute Gasteiger partial charge is 0.200 e. The molecule has 2 aromatic heterocycles. The third-order valence-corrected chi connectivity index (χ3v) is 4.04. The second-order valence-electron chi connectivity index (χ2n) is 5.40. The fraction of sp³-hybridized carbons (Fsp3) is 0.333. The molecule has 1 saturated heterocycles. The molecular formula is C15H16N6. The number of hydrogen-bond donors (Lipinski definition) is 0. The summed E-state index contributed by atoms with van der Waals surface area (Å²) in [5, 5.41) is 15.9. The van der Waals surface area contributed by atoms with Gasteiger partial charge in [-0.1, -0.05) is 30.3 Å². The van der Waals surface area contributed by atoms with Crippen LogP contribution >= 0.6 is 0 Å². The average molecular weight is 280 g/mol. The first kappa shape index (κ1) is 12.3. The Balaban J connectivity index is 1.60. The number of nitrogens with zero attached hydrogens (tertiary/aromatic N) is 6. The molecular weight excluding hydrogens is 264 g/mol. The Morgan fingerprint density at radius 3 is 2.90 bits per heavy atom. The summed E-state index contributed by atoms with van der Waals surface area (Å²) in [6.45, 7) is 1.04. The van der Waals surface area contributed by atoms with Gasteiger partial charge in [-0.2, -0.15) is 0 Å². The second-order valence-corrected chi connectivity index (χ2v) is 5.40. The molecule has 6 nitrogen and oxygen atoms in total. The Morgan fingerprint density at radius 1 is 1.10 bits per heavy atom. The van der Waals surface area contributed by atoms with E-state index in [0.717, 1.165) is 18.8 Å². The number of tetrazole rings is 1. The van der Waals surface area contributed by atoms with E-state index in [1.54, 1.807) is 0 Å². The summed E-state index contributed by atoms with van der Waals surface area (Å²) in [7, 11) is 0. The topological polar surface area (TPSA) is 59.2 Å². The van der Waals surface area contributed by atoms with E-state index in [1.165, 1.54) is 23.0 Å². The average Bonchev–Trinajstić information content (AvgIpc) is 3.16. The van der Waals surface area contributed by atoms with Crippen molar-refractivity contribution in [3.8, 4) is 0 Å². The number of hydrogen-bond acceptors (Lipinski definition) is 5. The molecule has 0 saturated carbocycles. The fourth-order valence-electron chi connectivity index (χ4n) is 3.03. The van der Waals surface area contributed by atoms with Crippen LogP contribution in [0.15, 0.2) is 42.5 Å². The molecule has 0 N–H and O–H groups in total. The summed E-state index contributed by atoms with van der Waals surface area (Å²) in [5.74, 6) is 0.952. The van der Waals surface area contributed by atoms with Gasteiger partial charge in [0.2, 0.25) is 0 Å². The van der Waals surface area contributed by atoms with Crippen LogP contribution in [0.3, 0.4) is 0 Å². The van der Waals surface area contributed by atoms with Gasteiger partial charge in [-0.3, -0.25) is 0 Å². The van der Waals surface area contributed by atoms with Gasteiger partial charge in [-0.15, -0.1) is 14.8 Å². The van der Waals surface area contributed by atoms with Gasteiger partial charge in [0.1, 0.15) is 0 Å². The van der Waals surface area contributed by atoms with Crippen molar-refractivity contribution in [1.82, 2.24) is 25.3 Å². The highest BCUT2D eigenvalue weighted by molar-refractivity contribution is 5.46. The van der Waals surface area contributed by atoms with Crippen molar-refractivity contribution in [1.29, 1.82) is 0 Å². The van der Waals surface area contributed by atoms with Crippen molar-refractivity contribution in [2.75, 3.05) is 11.4 Å². The second kappa shape index (κ2) is 5.12. The molecule has 1 aromatic carbocycles. The standard InChI is InChI=1S/C15H16N6/c1-2-5-12(6-3-1)11-13-7-4-10-20(13)15-9-8-14-16-18-19-21(14)17-15/h1-3,5-6,8-9,13H,4,7,10-11H2/t13-/m1/s1. The van der Waals surface area contributed by atoms with Crippen LogP contribution in [-0.2, 0) is 6.42 Å². The van der Waals surface area contributed by atoms with Crippen LogP contribution in [0.4, 0.5) is 5.82 Å². The highest BCUT2D eigenvalue weighted by atomic mass is 15.6. The van der Waals surface area contributed by atoms with Crippen molar-refractivity contribution in [2.45, 2.75) is 25.3 Å². The lowest BCUT2D eigenvalue weighted by Gasteiger charge is -2.25. The Hall–Kier alpha value is -2.50. The molecule has 0 bridgehead atoms. The summed E-state index contributed by atoms with van der Waals surface area (Å²) in [6, 6.07) is 15.1. The normalized spacial score (nSPS) is 18.5. The minimum Gasteiger partial charge on any atom is -0.352 e. The summed E-state index contributed by atoms with van der Waals surface area (Å²) in [4.78, 5) is 2.37. The highest BCUT2D eigenvalue weighted by Crippen LogP contribution is 2.26. The third-order valence-electron chi connectivity index (χ3n) is 4.04. The molecule has 3 aromatic rings. The molecule has 0 spiro atoms. The molecule has 1 fully saturated rings. The van der Waals surface area contributed by atoms with E-state index in [4.69, 9.17) is 0 Å². The van der Waals surface area contributed by atoms with Crippen LogP contribution in [0, 0.1) is 0 Å². The van der Waals surface area contributed by atoms with E-state index >= 15 is 0 Å². The van der Waals surface area contributed by atoms with Gasteiger partial charge in [0.15, 0.2) is 11.5 Å². The van der Waals surface area contributed by atoms with Gasteiger partial charge < -0.3 is 4.90 Å². The quantitative estimate of drug-likeness (QED) is 0.731. The third kappa shape index (κ3) is 2.33. The first-order valence-corrected chi connectivity index (χ1v) is 7.26. The van der Waals surface area contributed by atoms with Gasteiger partial charge >= 0.3 is 0 Å². The molecule has 106 valence electrons. The maximum Gasteiger partial charge on any atom is 0.200 e. The fourth-order valence-corrected chi connectivity index (χ4v) is 3.03. The zero-order chi connectivity index (χ0) is 14.1. The first-order valence-electron chi connectivity index (χ1n) is 7.26. The van der Waals surface area contributed by atoms with Crippen molar-refractivity contribution in [2.24, 2.45) is 0 Å². The lowest BCUT2D eigenvalue weighted by atomic mass is 10.0. The minimum atomic E-state index is 0.494. The molecule has 21 heavy (non-hydrogen) atoms. The zero-order valence-corrected chi connectivity index (χ0v) is 11.6. The van der Waals surface area contributed by atoms with Crippen molar-refractivity contribution in [3.05, 3.63) is 48.0 Å². The molecule has 4 rings (SSSR count). The molecule has 6 heteroatoms. The number of rotatable bonds is 3. The number of benzene rings is 1. The molecule has 1 aliphatic rings. The zero-order valence-electron chi connectivity index (χ0n) is 11.6. The molecule has 0 unspecified atom stereocenters. The number of anilines is 1. The number of aromatic nitrogens is 5. The predicted octanol–water partition coefficient (Wildman–Crippen LogP) is 1.73. The van der Waals surface area contributed by atoms with E-state index in [9.17, 15) is 0 Å². The van der Waals surface area contributed by atoms with Gasteiger partial charge in [0.05, 0.1) is 0 Å². The van der Waals surface area contributed by atoms with E-state index in [2.05, 4.69) is 55.9 Å².